The lowest BCUT2D eigenvalue weighted by Gasteiger charge is -2.03. The van der Waals surface area contributed by atoms with Crippen LogP contribution in [-0.4, -0.2) is 0 Å². The molecule has 0 aliphatic rings. The highest BCUT2D eigenvalue weighted by Gasteiger charge is 1.95. The molecule has 0 saturated heterocycles. The minimum Gasteiger partial charge on any atom is -0.0885 e. The van der Waals surface area contributed by atoms with Crippen molar-refractivity contribution in [2.45, 2.75) is 200 Å². The van der Waals surface area contributed by atoms with E-state index >= 15 is 0 Å². The molecule has 0 radical (unpaired) electrons. The predicted octanol–water partition coefficient (Wildman–Crippen LogP) is 12.9. The van der Waals surface area contributed by atoms with Crippen LogP contribution in [0, 0.1) is 0 Å². The Morgan fingerprint density at radius 2 is 0.424 bits per heavy atom. The predicted molar refractivity (Wildman–Crippen MR) is 154 cm³/mol. The first-order chi connectivity index (χ1) is 16.4. The summed E-state index contributed by atoms with van der Waals surface area (Å²) < 4.78 is 0. The van der Waals surface area contributed by atoms with E-state index in [1.54, 1.807) is 0 Å². The maximum Gasteiger partial charge on any atom is -0.0351 e. The summed E-state index contributed by atoms with van der Waals surface area (Å²) in [5, 5.41) is 0. The van der Waals surface area contributed by atoms with E-state index in [-0.39, 0.29) is 0 Å². The van der Waals surface area contributed by atoms with E-state index in [0.29, 0.717) is 0 Å². The van der Waals surface area contributed by atoms with Gasteiger partial charge in [-0.05, 0) is 25.7 Å². The Balaban J connectivity index is 3.06. The van der Waals surface area contributed by atoms with Gasteiger partial charge in [0.25, 0.3) is 0 Å². The lowest BCUT2D eigenvalue weighted by Crippen LogP contribution is -1.83. The fraction of sp³-hybridized carbons (Fsp3) is 0.939. The molecule has 0 aliphatic heterocycles. The van der Waals surface area contributed by atoms with Gasteiger partial charge in [0.05, 0.1) is 0 Å². The van der Waals surface area contributed by atoms with Gasteiger partial charge in [0.2, 0.25) is 0 Å². The average Bonchev–Trinajstić information content (AvgIpc) is 2.83. The number of allylic oxidation sites excluding steroid dienone is 2. The van der Waals surface area contributed by atoms with Gasteiger partial charge in [-0.15, -0.1) is 0 Å². The van der Waals surface area contributed by atoms with Gasteiger partial charge in [-0.1, -0.05) is 187 Å². The molecular formula is C33H66. The monoisotopic (exact) mass is 463 g/mol. The fourth-order valence-corrected chi connectivity index (χ4v) is 4.97. The standard InChI is InChI=1S/C33H66/c1-3-5-7-9-11-13-15-17-19-21-23-25-27-29-31-33-32-30-28-26-24-22-20-18-16-14-12-10-8-6-4-2/h29,31H,3-28,30,32-33H2,1-2H3/b31-29+. The van der Waals surface area contributed by atoms with Crippen molar-refractivity contribution in [2.24, 2.45) is 0 Å². The third-order valence-electron chi connectivity index (χ3n) is 7.37. The summed E-state index contributed by atoms with van der Waals surface area (Å²) >= 11 is 0. The molecule has 0 N–H and O–H groups in total. The van der Waals surface area contributed by atoms with Crippen LogP contribution in [0.25, 0.3) is 0 Å². The Morgan fingerprint density at radius 1 is 0.242 bits per heavy atom. The van der Waals surface area contributed by atoms with Crippen LogP contribution in [0.5, 0.6) is 0 Å². The topological polar surface area (TPSA) is 0 Å². The van der Waals surface area contributed by atoms with Gasteiger partial charge in [-0.2, -0.15) is 0 Å². The molecule has 0 saturated carbocycles. The number of unbranched alkanes of at least 4 members (excludes halogenated alkanes) is 27. The second kappa shape index (κ2) is 31.7. The summed E-state index contributed by atoms with van der Waals surface area (Å²) in [6.45, 7) is 4.61. The summed E-state index contributed by atoms with van der Waals surface area (Å²) in [5.74, 6) is 0. The van der Waals surface area contributed by atoms with Crippen molar-refractivity contribution in [3.63, 3.8) is 0 Å². The Morgan fingerprint density at radius 3 is 0.636 bits per heavy atom. The van der Waals surface area contributed by atoms with Gasteiger partial charge < -0.3 is 0 Å². The second-order valence-corrected chi connectivity index (χ2v) is 10.9. The minimum absolute atomic E-state index is 1.32. The van der Waals surface area contributed by atoms with Crippen molar-refractivity contribution < 1.29 is 0 Å². The van der Waals surface area contributed by atoms with Crippen LogP contribution >= 0.6 is 0 Å². The second-order valence-electron chi connectivity index (χ2n) is 10.9. The van der Waals surface area contributed by atoms with Crippen LogP contribution in [0.4, 0.5) is 0 Å². The Kier molecular flexibility index (Phi) is 31.5. The molecule has 0 aromatic heterocycles. The van der Waals surface area contributed by atoms with Crippen molar-refractivity contribution in [3.05, 3.63) is 12.2 Å². The molecule has 0 bridgehead atoms. The summed E-state index contributed by atoms with van der Waals surface area (Å²) in [5.41, 5.74) is 0. The van der Waals surface area contributed by atoms with E-state index in [1.807, 2.05) is 0 Å². The van der Waals surface area contributed by atoms with Gasteiger partial charge in [0.15, 0.2) is 0 Å². The van der Waals surface area contributed by atoms with Crippen molar-refractivity contribution in [1.29, 1.82) is 0 Å². The molecule has 0 nitrogen and oxygen atoms in total. The summed E-state index contributed by atoms with van der Waals surface area (Å²) in [6, 6.07) is 0. The van der Waals surface area contributed by atoms with Crippen LogP contribution in [0.15, 0.2) is 12.2 Å². The SMILES string of the molecule is CCCCCCCCCCCCCC/C=C/CCCCCCCCCCCCCCCCC. The fourth-order valence-electron chi connectivity index (χ4n) is 4.97. The molecule has 0 fully saturated rings. The van der Waals surface area contributed by atoms with Crippen molar-refractivity contribution in [2.75, 3.05) is 0 Å². The molecule has 0 aromatic rings. The van der Waals surface area contributed by atoms with Gasteiger partial charge in [0, 0.05) is 0 Å². The Bertz CT molecular complexity index is 342. The summed E-state index contributed by atoms with van der Waals surface area (Å²) in [6.07, 6.45) is 46.9. The molecular weight excluding hydrogens is 396 g/mol. The molecule has 0 unspecified atom stereocenters. The number of hydrogen-bond acceptors (Lipinski definition) is 0. The van der Waals surface area contributed by atoms with E-state index in [4.69, 9.17) is 0 Å². The Labute approximate surface area is 212 Å². The lowest BCUT2D eigenvalue weighted by atomic mass is 10.0. The highest BCUT2D eigenvalue weighted by Crippen LogP contribution is 2.15. The van der Waals surface area contributed by atoms with Crippen LogP contribution in [0.2, 0.25) is 0 Å². The zero-order valence-electron chi connectivity index (χ0n) is 23.7. The molecule has 0 aromatic carbocycles. The van der Waals surface area contributed by atoms with E-state index in [9.17, 15) is 0 Å². The van der Waals surface area contributed by atoms with Gasteiger partial charge >= 0.3 is 0 Å². The van der Waals surface area contributed by atoms with Gasteiger partial charge in [0.1, 0.15) is 0 Å². The quantitative estimate of drug-likeness (QED) is 0.0765. The average molecular weight is 463 g/mol. The van der Waals surface area contributed by atoms with Crippen LogP contribution in [0.1, 0.15) is 200 Å². The Hall–Kier alpha value is -0.260. The normalized spacial score (nSPS) is 11.7. The van der Waals surface area contributed by atoms with E-state index in [2.05, 4.69) is 26.0 Å². The number of rotatable bonds is 29. The summed E-state index contributed by atoms with van der Waals surface area (Å²) in [4.78, 5) is 0. The van der Waals surface area contributed by atoms with E-state index < -0.39 is 0 Å². The zero-order chi connectivity index (χ0) is 23.9. The molecule has 0 amide bonds. The highest BCUT2D eigenvalue weighted by atomic mass is 14.0. The molecule has 33 heavy (non-hydrogen) atoms. The van der Waals surface area contributed by atoms with Crippen LogP contribution in [-0.2, 0) is 0 Å². The highest BCUT2D eigenvalue weighted by molar-refractivity contribution is 4.81. The molecule has 198 valence electrons. The van der Waals surface area contributed by atoms with Crippen molar-refractivity contribution in [1.82, 2.24) is 0 Å². The van der Waals surface area contributed by atoms with Crippen LogP contribution in [0.3, 0.4) is 0 Å². The molecule has 0 aliphatic carbocycles. The molecule has 0 spiro atoms. The first-order valence-electron chi connectivity index (χ1n) is 16.1. The van der Waals surface area contributed by atoms with E-state index in [1.165, 1.54) is 186 Å². The largest absolute Gasteiger partial charge is 0.0885 e. The molecule has 0 heteroatoms. The minimum atomic E-state index is 1.32. The summed E-state index contributed by atoms with van der Waals surface area (Å²) in [7, 11) is 0. The zero-order valence-corrected chi connectivity index (χ0v) is 23.7. The van der Waals surface area contributed by atoms with Crippen LogP contribution < -0.4 is 0 Å². The first kappa shape index (κ1) is 32.7. The smallest absolute Gasteiger partial charge is 0.0351 e. The third kappa shape index (κ3) is 31.7. The van der Waals surface area contributed by atoms with Gasteiger partial charge in [-0.3, -0.25) is 0 Å². The molecule has 0 heterocycles. The van der Waals surface area contributed by atoms with Gasteiger partial charge in [-0.25, -0.2) is 0 Å². The number of hydrogen-bond donors (Lipinski definition) is 0. The molecule has 0 rings (SSSR count). The first-order valence-corrected chi connectivity index (χ1v) is 16.1. The maximum absolute atomic E-state index is 2.46. The lowest BCUT2D eigenvalue weighted by molar-refractivity contribution is 0.532. The third-order valence-corrected chi connectivity index (χ3v) is 7.37. The molecule has 0 atom stereocenters. The van der Waals surface area contributed by atoms with E-state index in [0.717, 1.165) is 0 Å². The van der Waals surface area contributed by atoms with Crippen molar-refractivity contribution >= 4 is 0 Å². The maximum atomic E-state index is 2.46. The van der Waals surface area contributed by atoms with Crippen molar-refractivity contribution in [3.8, 4) is 0 Å².